The minimum atomic E-state index is -5.29. The number of hydrogen-bond acceptors (Lipinski definition) is 24. The second-order valence-corrected chi connectivity index (χ2v) is 23.8. The van der Waals surface area contributed by atoms with Gasteiger partial charge in [0, 0.05) is 41.8 Å². The Balaban J connectivity index is 0.00000105. The Labute approximate surface area is 479 Å². The number of nitrogens with zero attached hydrogens (tertiary/aromatic N) is 5. The fourth-order valence-electron chi connectivity index (χ4n) is 6.91. The number of rotatable bonds is 18. The Morgan fingerprint density at radius 3 is 1.01 bits per heavy atom. The van der Waals surface area contributed by atoms with Crippen LogP contribution in [0.4, 0.5) is 34.1 Å². The second-order valence-electron chi connectivity index (χ2n) is 15.4. The van der Waals surface area contributed by atoms with Crippen LogP contribution in [0.5, 0.6) is 11.5 Å². The molecule has 0 spiro atoms. The number of phenols is 2. The third kappa shape index (κ3) is 16.0. The van der Waals surface area contributed by atoms with E-state index >= 15 is 0 Å². The van der Waals surface area contributed by atoms with E-state index in [1.54, 1.807) is 4.90 Å². The number of fused-ring (bicyclic) bond motifs is 2. The summed E-state index contributed by atoms with van der Waals surface area (Å²) in [7, 11) is -30.8. The molecule has 0 aliphatic heterocycles. The van der Waals surface area contributed by atoms with Gasteiger partial charge < -0.3 is 37.0 Å². The topological polar surface area (TPSA) is 532 Å². The van der Waals surface area contributed by atoms with E-state index in [1.165, 1.54) is 0 Å². The molecule has 0 bridgehead atoms. The molecule has 6 aromatic carbocycles. The summed E-state index contributed by atoms with van der Waals surface area (Å²) in [6, 6.07) is 9.48. The summed E-state index contributed by atoms with van der Waals surface area (Å²) >= 11 is 0. The van der Waals surface area contributed by atoms with Crippen LogP contribution in [0.2, 0.25) is 0 Å². The predicted octanol–water partition coefficient (Wildman–Crippen LogP) is 0.319. The van der Waals surface area contributed by atoms with Gasteiger partial charge in [-0.25, -0.2) is 0 Å². The van der Waals surface area contributed by atoms with Crippen LogP contribution < -0.4 is 62.9 Å². The molecule has 0 saturated heterocycles. The number of anilines is 2. The number of hydrogen-bond donors (Lipinski definition) is 13. The van der Waals surface area contributed by atoms with Crippen molar-refractivity contribution in [1.29, 1.82) is 0 Å². The van der Waals surface area contributed by atoms with E-state index in [0.717, 1.165) is 48.6 Å². The van der Waals surface area contributed by atoms with Crippen molar-refractivity contribution in [3.8, 4) is 11.5 Å². The fourth-order valence-corrected chi connectivity index (χ4v) is 10.7. The Morgan fingerprint density at radius 1 is 0.429 bits per heavy atom. The summed E-state index contributed by atoms with van der Waals surface area (Å²) in [6.45, 7) is 1.75. The van der Waals surface area contributed by atoms with Gasteiger partial charge >= 0.3 is 51.4 Å². The van der Waals surface area contributed by atoms with Gasteiger partial charge in [-0.3, -0.25) is 32.2 Å². The van der Waals surface area contributed by atoms with Crippen LogP contribution in [0, 0.1) is 0 Å². The standard InChI is InChI=1S/C34H26N6O20S6.C6H15NO3.K/c35-23-13-21(61(43,44)45)7-17-9-27(65(55,56)57)31(33(41)29(17)23)39-37-19-5-3-15(25(11-19)63(49,50)51)1-2-16-4-6-20(12-26(16)64(52,53)54)38-40-32-28(66(58,59)60)10-18-8-22(62(46,47)48)14-24(36)30(18)34(32)42;8-4-1-7(2-5-9)3-6-10;/h1-14,41-42H,35-36H2,(H,43,44,45)(H,46,47,48)(H,49,50,51)(H,52,53,54)(H,55,56,57)(H,58,59,60);8-10H,1-6H2;/q;;+1/b2-1+,39-37?,40-38?;;. The summed E-state index contributed by atoms with van der Waals surface area (Å²) in [5, 5.41) is 60.3. The molecule has 0 amide bonds. The maximum atomic E-state index is 12.5. The van der Waals surface area contributed by atoms with E-state index in [1.807, 2.05) is 0 Å². The largest absolute Gasteiger partial charge is 1.00 e. The third-order valence-electron chi connectivity index (χ3n) is 10.2. The van der Waals surface area contributed by atoms with Gasteiger partial charge in [0.25, 0.3) is 60.7 Å². The number of aromatic hydroxyl groups is 2. The van der Waals surface area contributed by atoms with E-state index in [0.29, 0.717) is 56.0 Å². The molecule has 0 atom stereocenters. The van der Waals surface area contributed by atoms with E-state index in [2.05, 4.69) is 20.5 Å². The Hall–Kier alpha value is -5.08. The molecule has 0 aliphatic rings. The molecular weight excluding hydrogens is 1180 g/mol. The Kier molecular flexibility index (Phi) is 20.9. The summed E-state index contributed by atoms with van der Waals surface area (Å²) in [5.41, 5.74) is 6.99. The smallest absolute Gasteiger partial charge is 0.505 e. The quantitative estimate of drug-likeness (QED) is 0.0181. The molecule has 0 radical (unpaired) electrons. The van der Waals surface area contributed by atoms with Gasteiger partial charge in [-0.1, -0.05) is 24.3 Å². The molecule has 0 aliphatic carbocycles. The first-order valence-electron chi connectivity index (χ1n) is 20.4. The van der Waals surface area contributed by atoms with Crippen LogP contribution in [-0.4, -0.2) is 148 Å². The Morgan fingerprint density at radius 2 is 0.740 bits per heavy atom. The van der Waals surface area contributed by atoms with Gasteiger partial charge in [-0.05, 0) is 82.6 Å². The predicted molar refractivity (Wildman–Crippen MR) is 267 cm³/mol. The van der Waals surface area contributed by atoms with Gasteiger partial charge in [0.15, 0.2) is 11.5 Å². The van der Waals surface area contributed by atoms with Crippen molar-refractivity contribution < 1.29 is 155 Å². The monoisotopic (exact) mass is 1220 g/mol. The van der Waals surface area contributed by atoms with E-state index < -0.39 is 157 Å². The number of aliphatic hydroxyl groups is 3. The van der Waals surface area contributed by atoms with Crippen LogP contribution in [0.25, 0.3) is 33.7 Å². The van der Waals surface area contributed by atoms with E-state index in [-0.39, 0.29) is 82.3 Å². The summed E-state index contributed by atoms with van der Waals surface area (Å²) in [5.74, 6) is -2.14. The van der Waals surface area contributed by atoms with Crippen molar-refractivity contribution in [3.63, 3.8) is 0 Å². The van der Waals surface area contributed by atoms with Gasteiger partial charge in [0.2, 0.25) is 0 Å². The van der Waals surface area contributed by atoms with Crippen LogP contribution in [-0.2, 0) is 60.7 Å². The molecule has 0 aromatic heterocycles. The second kappa shape index (κ2) is 24.9. The van der Waals surface area contributed by atoms with Crippen LogP contribution in [0.15, 0.2) is 123 Å². The molecule has 30 nitrogen and oxygen atoms in total. The maximum Gasteiger partial charge on any atom is 1.00 e. The van der Waals surface area contributed by atoms with Crippen LogP contribution in [0.1, 0.15) is 11.1 Å². The molecule has 0 saturated carbocycles. The van der Waals surface area contributed by atoms with Crippen molar-refractivity contribution in [2.75, 3.05) is 50.9 Å². The fraction of sp³-hybridized carbons (Fsp3) is 0.150. The SMILES string of the molecule is Nc1cc(S(=O)(=O)O)cc2cc(S(=O)(=O)O)c(N=Nc3ccc(/C=C/c4ccc(N=Nc5c(S(=O)(=O)O)cc6cc(S(=O)(=O)O)cc(N)c6c5O)cc4S(=O)(=O)O)c(S(=O)(=O)O)c3)c(O)c12.OCCN(CCO)CCO.[K+]. The number of benzene rings is 6. The van der Waals surface area contributed by atoms with E-state index in [4.69, 9.17) is 26.8 Å². The average Bonchev–Trinajstić information content (AvgIpc) is 3.28. The molecule has 410 valence electrons. The minimum absolute atomic E-state index is 0. The minimum Gasteiger partial charge on any atom is -0.505 e. The number of azo groups is 2. The maximum absolute atomic E-state index is 12.5. The van der Waals surface area contributed by atoms with Crippen molar-refractivity contribution >= 4 is 129 Å². The third-order valence-corrected chi connectivity index (χ3v) is 15.4. The average molecular weight is 1220 g/mol. The van der Waals surface area contributed by atoms with Crippen LogP contribution >= 0.6 is 0 Å². The number of nitrogens with two attached hydrogens (primary N) is 2. The molecular formula is C40H41KN7O23S6+. The first-order valence-corrected chi connectivity index (χ1v) is 29.0. The molecule has 0 heterocycles. The number of nitrogen functional groups attached to an aromatic ring is 2. The summed E-state index contributed by atoms with van der Waals surface area (Å²) in [6.07, 6.45) is 1.85. The molecule has 15 N–H and O–H groups in total. The number of aliphatic hydroxyl groups excluding tert-OH is 3. The zero-order valence-electron chi connectivity index (χ0n) is 39.0. The molecule has 77 heavy (non-hydrogen) atoms. The molecule has 0 fully saturated rings. The van der Waals surface area contributed by atoms with Gasteiger partial charge in [-0.15, -0.1) is 10.2 Å². The van der Waals surface area contributed by atoms with Crippen molar-refractivity contribution in [2.45, 2.75) is 29.4 Å². The van der Waals surface area contributed by atoms with Crippen molar-refractivity contribution in [3.05, 3.63) is 83.9 Å². The molecule has 6 rings (SSSR count). The zero-order valence-corrected chi connectivity index (χ0v) is 47.0. The van der Waals surface area contributed by atoms with Gasteiger partial charge in [0.1, 0.15) is 31.0 Å². The Bertz CT molecular complexity index is 3840. The first kappa shape index (κ1) is 64.4. The normalized spacial score (nSPS) is 13.0. The van der Waals surface area contributed by atoms with Crippen molar-refractivity contribution in [2.24, 2.45) is 20.5 Å². The van der Waals surface area contributed by atoms with Gasteiger partial charge in [-0.2, -0.15) is 60.7 Å². The van der Waals surface area contributed by atoms with Crippen LogP contribution in [0.3, 0.4) is 0 Å². The number of phenolic OH excluding ortho intramolecular Hbond substituents is 2. The zero-order chi connectivity index (χ0) is 57.1. The van der Waals surface area contributed by atoms with E-state index in [9.17, 15) is 88.0 Å². The molecule has 6 aromatic rings. The summed E-state index contributed by atoms with van der Waals surface area (Å²) < 4.78 is 204. The summed E-state index contributed by atoms with van der Waals surface area (Å²) in [4.78, 5) is -4.00. The van der Waals surface area contributed by atoms with Gasteiger partial charge in [0.05, 0.1) is 41.0 Å². The molecule has 37 heteroatoms. The molecule has 0 unspecified atom stereocenters. The van der Waals surface area contributed by atoms with Crippen molar-refractivity contribution in [1.82, 2.24) is 4.90 Å². The first-order chi connectivity index (χ1) is 35.0.